The highest BCUT2D eigenvalue weighted by atomic mass is 19.1. The zero-order chi connectivity index (χ0) is 21.7. The predicted molar refractivity (Wildman–Crippen MR) is 120 cm³/mol. The van der Waals surface area contributed by atoms with Crippen molar-refractivity contribution in [1.82, 2.24) is 35.1 Å². The maximum absolute atomic E-state index is 14.9. The second-order valence-electron chi connectivity index (χ2n) is 7.52. The minimum atomic E-state index is -0.339. The molecule has 0 spiro atoms. The number of benzene rings is 1. The standard InChI is InChI=1S/C24H16FN7/c1-13-4-7-27-12-18(13)16-9-17-20(10-19(16)25)31-32-22(17)24-29-21-15(5-8-28-23(21)30-24)14-3-2-6-26-11-14/h2-12H,1H3,(H,31,32)(H,28,29,30). The van der Waals surface area contributed by atoms with Gasteiger partial charge in [0.2, 0.25) is 0 Å². The Morgan fingerprint density at radius 2 is 1.81 bits per heavy atom. The van der Waals surface area contributed by atoms with E-state index in [0.717, 1.165) is 33.2 Å². The van der Waals surface area contributed by atoms with Gasteiger partial charge in [-0.05, 0) is 36.8 Å². The molecule has 5 heterocycles. The van der Waals surface area contributed by atoms with Crippen LogP contribution < -0.4 is 0 Å². The van der Waals surface area contributed by atoms with Crippen LogP contribution in [0.4, 0.5) is 4.39 Å². The van der Waals surface area contributed by atoms with Gasteiger partial charge in [-0.25, -0.2) is 14.4 Å². The molecule has 0 amide bonds. The Bertz CT molecular complexity index is 1600. The normalized spacial score (nSPS) is 11.4. The van der Waals surface area contributed by atoms with E-state index in [9.17, 15) is 4.39 Å². The Hall–Kier alpha value is -4.46. The van der Waals surface area contributed by atoms with Gasteiger partial charge in [-0.2, -0.15) is 5.10 Å². The highest BCUT2D eigenvalue weighted by Gasteiger charge is 2.18. The van der Waals surface area contributed by atoms with Gasteiger partial charge in [-0.3, -0.25) is 15.1 Å². The maximum atomic E-state index is 14.9. The van der Waals surface area contributed by atoms with Crippen LogP contribution in [0.25, 0.3) is 55.8 Å². The van der Waals surface area contributed by atoms with Crippen LogP contribution in [-0.2, 0) is 0 Å². The third-order valence-corrected chi connectivity index (χ3v) is 5.56. The summed E-state index contributed by atoms with van der Waals surface area (Å²) in [6, 6.07) is 10.9. The van der Waals surface area contributed by atoms with E-state index in [1.807, 2.05) is 31.2 Å². The average molecular weight is 421 g/mol. The molecule has 0 saturated carbocycles. The van der Waals surface area contributed by atoms with Crippen molar-refractivity contribution in [3.05, 3.63) is 78.8 Å². The van der Waals surface area contributed by atoms with Gasteiger partial charge in [0, 0.05) is 64.7 Å². The lowest BCUT2D eigenvalue weighted by molar-refractivity contribution is 0.632. The lowest BCUT2D eigenvalue weighted by Crippen LogP contribution is -1.90. The summed E-state index contributed by atoms with van der Waals surface area (Å²) in [4.78, 5) is 20.8. The lowest BCUT2D eigenvalue weighted by Gasteiger charge is -2.07. The molecule has 8 heteroatoms. The first kappa shape index (κ1) is 18.3. The van der Waals surface area contributed by atoms with Gasteiger partial charge in [0.05, 0.1) is 5.52 Å². The molecule has 0 saturated heterocycles. The number of imidazole rings is 1. The van der Waals surface area contributed by atoms with Gasteiger partial charge >= 0.3 is 0 Å². The van der Waals surface area contributed by atoms with E-state index in [2.05, 4.69) is 30.1 Å². The van der Waals surface area contributed by atoms with Crippen molar-refractivity contribution < 1.29 is 4.39 Å². The number of aromatic nitrogens is 7. The Morgan fingerprint density at radius 1 is 0.906 bits per heavy atom. The van der Waals surface area contributed by atoms with Gasteiger partial charge < -0.3 is 4.98 Å². The van der Waals surface area contributed by atoms with Crippen LogP contribution in [0.5, 0.6) is 0 Å². The fourth-order valence-corrected chi connectivity index (χ4v) is 3.95. The number of rotatable bonds is 3. The monoisotopic (exact) mass is 421 g/mol. The fourth-order valence-electron chi connectivity index (χ4n) is 3.95. The summed E-state index contributed by atoms with van der Waals surface area (Å²) < 4.78 is 14.9. The number of aryl methyl sites for hydroxylation is 1. The van der Waals surface area contributed by atoms with Crippen molar-refractivity contribution >= 4 is 22.1 Å². The van der Waals surface area contributed by atoms with Crippen molar-refractivity contribution in [2.24, 2.45) is 0 Å². The Balaban J connectivity index is 1.55. The minimum absolute atomic E-state index is 0.339. The van der Waals surface area contributed by atoms with Gasteiger partial charge in [0.1, 0.15) is 17.0 Å². The summed E-state index contributed by atoms with van der Waals surface area (Å²) in [6.45, 7) is 1.93. The molecule has 6 rings (SSSR count). The topological polar surface area (TPSA) is 96.0 Å². The Morgan fingerprint density at radius 3 is 2.66 bits per heavy atom. The van der Waals surface area contributed by atoms with E-state index in [-0.39, 0.29) is 5.82 Å². The third-order valence-electron chi connectivity index (χ3n) is 5.56. The molecule has 0 bridgehead atoms. The molecular formula is C24H16FN7. The molecule has 154 valence electrons. The summed E-state index contributed by atoms with van der Waals surface area (Å²) in [5.41, 5.74) is 6.56. The summed E-state index contributed by atoms with van der Waals surface area (Å²) >= 11 is 0. The molecule has 7 nitrogen and oxygen atoms in total. The summed E-state index contributed by atoms with van der Waals surface area (Å²) in [5.74, 6) is 0.212. The van der Waals surface area contributed by atoms with Crippen LogP contribution in [0.15, 0.2) is 67.4 Å². The molecule has 0 aliphatic rings. The number of nitrogens with zero attached hydrogens (tertiary/aromatic N) is 5. The molecule has 0 atom stereocenters. The first-order chi connectivity index (χ1) is 15.7. The molecule has 0 unspecified atom stereocenters. The van der Waals surface area contributed by atoms with E-state index in [1.165, 1.54) is 6.07 Å². The van der Waals surface area contributed by atoms with E-state index in [1.54, 1.807) is 37.1 Å². The summed E-state index contributed by atoms with van der Waals surface area (Å²) in [6.07, 6.45) is 8.62. The van der Waals surface area contributed by atoms with Crippen molar-refractivity contribution in [1.29, 1.82) is 0 Å². The number of aromatic amines is 2. The molecule has 32 heavy (non-hydrogen) atoms. The average Bonchev–Trinajstić information content (AvgIpc) is 3.43. The van der Waals surface area contributed by atoms with E-state index in [4.69, 9.17) is 4.98 Å². The molecular weight excluding hydrogens is 405 g/mol. The number of hydrogen-bond donors (Lipinski definition) is 2. The summed E-state index contributed by atoms with van der Waals surface area (Å²) in [5, 5.41) is 8.09. The first-order valence-electron chi connectivity index (χ1n) is 10.0. The van der Waals surface area contributed by atoms with Gasteiger partial charge in [-0.15, -0.1) is 0 Å². The summed E-state index contributed by atoms with van der Waals surface area (Å²) in [7, 11) is 0. The Kier molecular flexibility index (Phi) is 4.04. The van der Waals surface area contributed by atoms with Crippen molar-refractivity contribution in [3.8, 4) is 33.8 Å². The predicted octanol–water partition coefficient (Wildman–Crippen LogP) is 5.07. The Labute approximate surface area is 181 Å². The number of fused-ring (bicyclic) bond motifs is 2. The van der Waals surface area contributed by atoms with Crippen molar-refractivity contribution in [2.75, 3.05) is 0 Å². The molecule has 0 aliphatic carbocycles. The molecule has 2 N–H and O–H groups in total. The van der Waals surface area contributed by atoms with Gasteiger partial charge in [-0.1, -0.05) is 6.07 Å². The van der Waals surface area contributed by atoms with Crippen molar-refractivity contribution in [2.45, 2.75) is 6.92 Å². The second-order valence-corrected chi connectivity index (χ2v) is 7.52. The SMILES string of the molecule is Cc1ccncc1-c1cc2c(-c3nc4c(-c5cccnc5)ccnc4[nH]3)n[nH]c2cc1F. The van der Waals surface area contributed by atoms with Crippen LogP contribution in [0.3, 0.4) is 0 Å². The maximum Gasteiger partial charge on any atom is 0.160 e. The first-order valence-corrected chi connectivity index (χ1v) is 10.0. The van der Waals surface area contributed by atoms with Gasteiger partial charge in [0.15, 0.2) is 11.5 Å². The zero-order valence-electron chi connectivity index (χ0n) is 17.0. The number of halogens is 1. The van der Waals surface area contributed by atoms with Crippen LogP contribution in [0.1, 0.15) is 5.56 Å². The van der Waals surface area contributed by atoms with E-state index >= 15 is 0 Å². The largest absolute Gasteiger partial charge is 0.321 e. The molecule has 0 fully saturated rings. The molecule has 6 aromatic rings. The quantitative estimate of drug-likeness (QED) is 0.416. The third kappa shape index (κ3) is 2.84. The number of hydrogen-bond acceptors (Lipinski definition) is 5. The van der Waals surface area contributed by atoms with E-state index in [0.29, 0.717) is 28.2 Å². The van der Waals surface area contributed by atoms with Crippen molar-refractivity contribution in [3.63, 3.8) is 0 Å². The highest BCUT2D eigenvalue weighted by molar-refractivity contribution is 5.97. The molecule has 1 aromatic carbocycles. The lowest BCUT2D eigenvalue weighted by atomic mass is 10.00. The van der Waals surface area contributed by atoms with Crippen LogP contribution in [0.2, 0.25) is 0 Å². The van der Waals surface area contributed by atoms with Crippen LogP contribution >= 0.6 is 0 Å². The van der Waals surface area contributed by atoms with Crippen LogP contribution in [0, 0.1) is 12.7 Å². The molecule has 0 radical (unpaired) electrons. The smallest absolute Gasteiger partial charge is 0.160 e. The second kappa shape index (κ2) is 7.05. The zero-order valence-corrected chi connectivity index (χ0v) is 17.0. The fraction of sp³-hybridized carbons (Fsp3) is 0.0417. The van der Waals surface area contributed by atoms with E-state index < -0.39 is 0 Å². The molecule has 0 aliphatic heterocycles. The number of nitrogens with one attached hydrogen (secondary N) is 2. The highest BCUT2D eigenvalue weighted by Crippen LogP contribution is 2.34. The number of pyridine rings is 3. The van der Waals surface area contributed by atoms with Gasteiger partial charge in [0.25, 0.3) is 0 Å². The minimum Gasteiger partial charge on any atom is -0.321 e. The molecule has 5 aromatic heterocycles. The van der Waals surface area contributed by atoms with Crippen LogP contribution in [-0.4, -0.2) is 35.1 Å². The number of H-pyrrole nitrogens is 2.